The van der Waals surface area contributed by atoms with Crippen LogP contribution in [0, 0.1) is 0 Å². The molecule has 0 heterocycles. The van der Waals surface area contributed by atoms with E-state index in [4.69, 9.17) is 0 Å². The maximum absolute atomic E-state index is 3.73. The summed E-state index contributed by atoms with van der Waals surface area (Å²) in [6.45, 7) is 4.52. The maximum Gasteiger partial charge on any atom is 0.0575 e. The van der Waals surface area contributed by atoms with Crippen molar-refractivity contribution >= 4 is 5.69 Å². The number of fused-ring (bicyclic) bond motifs is 3. The Hall–Kier alpha value is -3.32. The van der Waals surface area contributed by atoms with Crippen LogP contribution in [0.25, 0.3) is 22.3 Å². The minimum Gasteiger partial charge on any atom is -0.376 e. The normalized spacial score (nSPS) is 12.3. The molecule has 1 nitrogen and oxygen atoms in total. The standard InChI is InChI=1S/C28H25N/c1-28(2,29-21-12-4-3-5-13-21)27-18-9-8-15-25(27)24-17-10-16-23-22-14-7-6-11-20(22)19-26(23)24/h3-18,29H,19H2,1-2H3. The predicted octanol–water partition coefficient (Wildman–Crippen LogP) is 7.27. The molecular weight excluding hydrogens is 350 g/mol. The zero-order valence-electron chi connectivity index (χ0n) is 16.9. The van der Waals surface area contributed by atoms with Crippen molar-refractivity contribution in [3.05, 3.63) is 114 Å². The Bertz CT molecular complexity index is 1170. The van der Waals surface area contributed by atoms with Crippen molar-refractivity contribution in [2.75, 3.05) is 5.32 Å². The van der Waals surface area contributed by atoms with Gasteiger partial charge in [0.25, 0.3) is 0 Å². The molecule has 0 amide bonds. The summed E-state index contributed by atoms with van der Waals surface area (Å²) >= 11 is 0. The van der Waals surface area contributed by atoms with E-state index in [2.05, 4.69) is 116 Å². The Morgan fingerprint density at radius 3 is 1.97 bits per heavy atom. The Labute approximate surface area is 173 Å². The van der Waals surface area contributed by atoms with Crippen LogP contribution in [-0.2, 0) is 12.0 Å². The summed E-state index contributed by atoms with van der Waals surface area (Å²) in [7, 11) is 0. The van der Waals surface area contributed by atoms with E-state index in [0.717, 1.165) is 12.1 Å². The first-order valence-corrected chi connectivity index (χ1v) is 10.3. The second-order valence-electron chi connectivity index (χ2n) is 8.33. The van der Waals surface area contributed by atoms with Gasteiger partial charge >= 0.3 is 0 Å². The molecule has 29 heavy (non-hydrogen) atoms. The zero-order chi connectivity index (χ0) is 19.8. The molecule has 5 rings (SSSR count). The van der Waals surface area contributed by atoms with Gasteiger partial charge < -0.3 is 5.32 Å². The highest BCUT2D eigenvalue weighted by atomic mass is 15.0. The van der Waals surface area contributed by atoms with E-state index in [9.17, 15) is 0 Å². The van der Waals surface area contributed by atoms with Crippen LogP contribution in [0.3, 0.4) is 0 Å². The molecule has 0 spiro atoms. The highest BCUT2D eigenvalue weighted by Crippen LogP contribution is 2.43. The lowest BCUT2D eigenvalue weighted by Gasteiger charge is -2.31. The Balaban J connectivity index is 1.61. The van der Waals surface area contributed by atoms with Crippen molar-refractivity contribution in [2.45, 2.75) is 25.8 Å². The Kier molecular flexibility index (Phi) is 4.24. The zero-order valence-corrected chi connectivity index (χ0v) is 16.9. The van der Waals surface area contributed by atoms with Crippen LogP contribution in [0.4, 0.5) is 5.69 Å². The van der Waals surface area contributed by atoms with Crippen molar-refractivity contribution in [3.63, 3.8) is 0 Å². The van der Waals surface area contributed by atoms with E-state index < -0.39 is 0 Å². The van der Waals surface area contributed by atoms with E-state index in [0.29, 0.717) is 0 Å². The summed E-state index contributed by atoms with van der Waals surface area (Å²) < 4.78 is 0. The fraction of sp³-hybridized carbons (Fsp3) is 0.143. The van der Waals surface area contributed by atoms with Crippen molar-refractivity contribution in [1.29, 1.82) is 0 Å². The highest BCUT2D eigenvalue weighted by Gasteiger charge is 2.27. The van der Waals surface area contributed by atoms with E-state index >= 15 is 0 Å². The molecule has 0 saturated heterocycles. The molecule has 0 fully saturated rings. The molecule has 4 aromatic carbocycles. The van der Waals surface area contributed by atoms with Crippen LogP contribution in [0.5, 0.6) is 0 Å². The van der Waals surface area contributed by atoms with Crippen LogP contribution >= 0.6 is 0 Å². The minimum atomic E-state index is -0.202. The highest BCUT2D eigenvalue weighted by molar-refractivity contribution is 5.86. The van der Waals surface area contributed by atoms with E-state index in [-0.39, 0.29) is 5.54 Å². The van der Waals surface area contributed by atoms with Gasteiger partial charge in [-0.1, -0.05) is 84.9 Å². The van der Waals surface area contributed by atoms with E-state index in [1.54, 1.807) is 0 Å². The molecule has 0 bridgehead atoms. The van der Waals surface area contributed by atoms with Crippen LogP contribution in [0.15, 0.2) is 97.1 Å². The molecule has 0 radical (unpaired) electrons. The smallest absolute Gasteiger partial charge is 0.0575 e. The second-order valence-corrected chi connectivity index (χ2v) is 8.33. The van der Waals surface area contributed by atoms with Gasteiger partial charge in [0.1, 0.15) is 0 Å². The molecule has 0 saturated carbocycles. The molecule has 1 N–H and O–H groups in total. The number of hydrogen-bond donors (Lipinski definition) is 1. The summed E-state index contributed by atoms with van der Waals surface area (Å²) in [6.07, 6.45) is 1.00. The molecule has 1 aliphatic carbocycles. The maximum atomic E-state index is 3.73. The van der Waals surface area contributed by atoms with Gasteiger partial charge in [0, 0.05) is 5.69 Å². The summed E-state index contributed by atoms with van der Waals surface area (Å²) in [6, 6.07) is 34.8. The van der Waals surface area contributed by atoms with Gasteiger partial charge in [-0.15, -0.1) is 0 Å². The van der Waals surface area contributed by atoms with Gasteiger partial charge in [-0.05, 0) is 71.3 Å². The van der Waals surface area contributed by atoms with Gasteiger partial charge in [-0.3, -0.25) is 0 Å². The average molecular weight is 376 g/mol. The summed E-state index contributed by atoms with van der Waals surface area (Å²) in [5, 5.41) is 3.73. The number of benzene rings is 4. The van der Waals surface area contributed by atoms with Gasteiger partial charge in [0.2, 0.25) is 0 Å². The fourth-order valence-corrected chi connectivity index (χ4v) is 4.62. The van der Waals surface area contributed by atoms with E-state index in [1.807, 2.05) is 0 Å². The molecule has 142 valence electrons. The Morgan fingerprint density at radius 1 is 0.586 bits per heavy atom. The number of rotatable bonds is 4. The number of anilines is 1. The third-order valence-corrected chi connectivity index (χ3v) is 5.97. The molecule has 1 aliphatic rings. The first-order chi connectivity index (χ1) is 14.1. The van der Waals surface area contributed by atoms with Crippen molar-refractivity contribution in [2.24, 2.45) is 0 Å². The third kappa shape index (κ3) is 3.13. The Morgan fingerprint density at radius 2 is 1.17 bits per heavy atom. The average Bonchev–Trinajstić information content (AvgIpc) is 3.13. The predicted molar refractivity (Wildman–Crippen MR) is 123 cm³/mol. The number of para-hydroxylation sites is 1. The van der Waals surface area contributed by atoms with Crippen molar-refractivity contribution in [1.82, 2.24) is 0 Å². The summed E-state index contributed by atoms with van der Waals surface area (Å²) in [5.41, 5.74) is 10.5. The van der Waals surface area contributed by atoms with Gasteiger partial charge in [0.15, 0.2) is 0 Å². The lowest BCUT2D eigenvalue weighted by molar-refractivity contribution is 0.611. The lowest BCUT2D eigenvalue weighted by atomic mass is 9.84. The molecule has 0 aliphatic heterocycles. The topological polar surface area (TPSA) is 12.0 Å². The monoisotopic (exact) mass is 375 g/mol. The van der Waals surface area contributed by atoms with E-state index in [1.165, 1.54) is 38.9 Å². The molecule has 4 aromatic rings. The molecule has 0 aromatic heterocycles. The number of hydrogen-bond acceptors (Lipinski definition) is 1. The third-order valence-electron chi connectivity index (χ3n) is 5.97. The van der Waals surface area contributed by atoms with Gasteiger partial charge in [0.05, 0.1) is 5.54 Å². The first-order valence-electron chi connectivity index (χ1n) is 10.3. The quantitative estimate of drug-likeness (QED) is 0.348. The molecule has 0 unspecified atom stereocenters. The molecule has 0 atom stereocenters. The van der Waals surface area contributed by atoms with Crippen LogP contribution in [-0.4, -0.2) is 0 Å². The number of nitrogens with one attached hydrogen (secondary N) is 1. The largest absolute Gasteiger partial charge is 0.376 e. The summed E-state index contributed by atoms with van der Waals surface area (Å²) in [4.78, 5) is 0. The fourth-order valence-electron chi connectivity index (χ4n) is 4.62. The van der Waals surface area contributed by atoms with Crippen molar-refractivity contribution in [3.8, 4) is 22.3 Å². The molecule has 1 heteroatoms. The summed E-state index contributed by atoms with van der Waals surface area (Å²) in [5.74, 6) is 0. The van der Waals surface area contributed by atoms with Crippen LogP contribution < -0.4 is 5.32 Å². The van der Waals surface area contributed by atoms with Crippen LogP contribution in [0.2, 0.25) is 0 Å². The SMILES string of the molecule is CC(C)(Nc1ccccc1)c1ccccc1-c1cccc2c1Cc1ccccc1-2. The van der Waals surface area contributed by atoms with Crippen molar-refractivity contribution < 1.29 is 0 Å². The lowest BCUT2D eigenvalue weighted by Crippen LogP contribution is -2.28. The second kappa shape index (κ2) is 6.93. The van der Waals surface area contributed by atoms with Gasteiger partial charge in [-0.2, -0.15) is 0 Å². The van der Waals surface area contributed by atoms with Gasteiger partial charge in [-0.25, -0.2) is 0 Å². The molecular formula is C28H25N. The first kappa shape index (κ1) is 17.8. The van der Waals surface area contributed by atoms with Crippen LogP contribution in [0.1, 0.15) is 30.5 Å². The minimum absolute atomic E-state index is 0.202.